The van der Waals surface area contributed by atoms with Crippen LogP contribution in [0.15, 0.2) is 18.2 Å². The number of allylic oxidation sites excluding steroid dienone is 1. The molecule has 0 saturated heterocycles. The fraction of sp³-hybridized carbons (Fsp3) is 0.200. The highest BCUT2D eigenvalue weighted by Gasteiger charge is 2.05. The van der Waals surface area contributed by atoms with Crippen LogP contribution in [0.2, 0.25) is 10.0 Å². The summed E-state index contributed by atoms with van der Waals surface area (Å²) < 4.78 is 13.0. The Kier molecular flexibility index (Phi) is 4.93. The fourth-order valence-corrected chi connectivity index (χ4v) is 1.72. The van der Waals surface area contributed by atoms with Crippen LogP contribution in [-0.4, -0.2) is 5.33 Å². The van der Waals surface area contributed by atoms with Crippen molar-refractivity contribution in [1.29, 1.82) is 0 Å². The van der Waals surface area contributed by atoms with Crippen LogP contribution in [0.4, 0.5) is 4.39 Å². The lowest BCUT2D eigenvalue weighted by Crippen LogP contribution is -1.81. The van der Waals surface area contributed by atoms with E-state index in [4.69, 9.17) is 23.2 Å². The van der Waals surface area contributed by atoms with Crippen molar-refractivity contribution in [3.8, 4) is 0 Å². The van der Waals surface area contributed by atoms with E-state index in [0.717, 1.165) is 17.3 Å². The third-order valence-corrected chi connectivity index (χ3v) is 2.60. The number of halogens is 4. The summed E-state index contributed by atoms with van der Waals surface area (Å²) in [6.45, 7) is 0. The Morgan fingerprint density at radius 1 is 1.29 bits per heavy atom. The van der Waals surface area contributed by atoms with Gasteiger partial charge in [-0.1, -0.05) is 51.3 Å². The Morgan fingerprint density at radius 3 is 2.36 bits per heavy atom. The summed E-state index contributed by atoms with van der Waals surface area (Å²) in [6, 6.07) is 3.10. The van der Waals surface area contributed by atoms with Crippen molar-refractivity contribution in [3.05, 3.63) is 39.6 Å². The Balaban J connectivity index is 2.89. The van der Waals surface area contributed by atoms with Crippen LogP contribution in [0.3, 0.4) is 0 Å². The Bertz CT molecular complexity index is 327. The molecule has 1 rings (SSSR count). The van der Waals surface area contributed by atoms with Gasteiger partial charge in [0.1, 0.15) is 0 Å². The first kappa shape index (κ1) is 12.0. The van der Waals surface area contributed by atoms with Crippen LogP contribution in [0.5, 0.6) is 0 Å². The number of benzene rings is 1. The van der Waals surface area contributed by atoms with Gasteiger partial charge in [0, 0.05) is 5.33 Å². The lowest BCUT2D eigenvalue weighted by Gasteiger charge is -1.99. The lowest BCUT2D eigenvalue weighted by atomic mass is 10.2. The summed E-state index contributed by atoms with van der Waals surface area (Å²) in [6.07, 6.45) is 4.74. The standard InChI is InChI=1S/C10H8BrCl2F/c11-4-2-1-3-7-5-8(12)10(14)9(13)6-7/h1,3,5-6H,2,4H2. The van der Waals surface area contributed by atoms with Crippen LogP contribution in [0, 0.1) is 5.82 Å². The zero-order valence-electron chi connectivity index (χ0n) is 7.24. The topological polar surface area (TPSA) is 0 Å². The molecule has 1 aromatic rings. The molecule has 0 N–H and O–H groups in total. The Hall–Kier alpha value is -0.0500. The molecule has 0 nitrogen and oxygen atoms in total. The van der Waals surface area contributed by atoms with Gasteiger partial charge in [0.2, 0.25) is 0 Å². The third kappa shape index (κ3) is 3.26. The summed E-state index contributed by atoms with van der Waals surface area (Å²) in [4.78, 5) is 0. The molecule has 0 aliphatic carbocycles. The largest absolute Gasteiger partial charge is 0.204 e. The van der Waals surface area contributed by atoms with Gasteiger partial charge in [0.05, 0.1) is 10.0 Å². The molecule has 0 radical (unpaired) electrons. The molecule has 0 atom stereocenters. The highest BCUT2D eigenvalue weighted by molar-refractivity contribution is 9.09. The van der Waals surface area contributed by atoms with Crippen LogP contribution in [0.1, 0.15) is 12.0 Å². The maximum absolute atomic E-state index is 13.0. The van der Waals surface area contributed by atoms with Crippen LogP contribution >= 0.6 is 39.1 Å². The summed E-state index contributed by atoms with van der Waals surface area (Å²) in [5.41, 5.74) is 0.808. The molecular formula is C10H8BrCl2F. The second kappa shape index (κ2) is 5.74. The number of hydrogen-bond donors (Lipinski definition) is 0. The molecular weight excluding hydrogens is 290 g/mol. The second-order valence-corrected chi connectivity index (χ2v) is 4.29. The molecule has 0 aromatic heterocycles. The molecule has 0 heterocycles. The van der Waals surface area contributed by atoms with Crippen molar-refractivity contribution in [2.45, 2.75) is 6.42 Å². The second-order valence-electron chi connectivity index (χ2n) is 2.68. The molecule has 0 spiro atoms. The first-order valence-electron chi connectivity index (χ1n) is 4.02. The molecule has 0 amide bonds. The quantitative estimate of drug-likeness (QED) is 0.548. The zero-order valence-corrected chi connectivity index (χ0v) is 10.3. The number of hydrogen-bond acceptors (Lipinski definition) is 0. The predicted molar refractivity (Wildman–Crippen MR) is 63.9 cm³/mol. The molecule has 0 unspecified atom stereocenters. The number of rotatable bonds is 3. The minimum absolute atomic E-state index is 0.0518. The van der Waals surface area contributed by atoms with E-state index in [1.807, 2.05) is 12.2 Å². The normalized spacial score (nSPS) is 11.1. The highest BCUT2D eigenvalue weighted by Crippen LogP contribution is 2.25. The molecule has 76 valence electrons. The average Bonchev–Trinajstić information content (AvgIpc) is 2.14. The Labute approximate surface area is 101 Å². The summed E-state index contributed by atoms with van der Waals surface area (Å²) in [5.74, 6) is -0.564. The van der Waals surface area contributed by atoms with Crippen LogP contribution in [0.25, 0.3) is 6.08 Å². The van der Waals surface area contributed by atoms with Gasteiger partial charge in [-0.3, -0.25) is 0 Å². The molecule has 1 aromatic carbocycles. The summed E-state index contributed by atoms with van der Waals surface area (Å²) in [5, 5.41) is 0.999. The van der Waals surface area contributed by atoms with Crippen molar-refractivity contribution in [1.82, 2.24) is 0 Å². The zero-order chi connectivity index (χ0) is 10.6. The van der Waals surface area contributed by atoms with Gasteiger partial charge in [-0.05, 0) is 24.1 Å². The van der Waals surface area contributed by atoms with Crippen molar-refractivity contribution < 1.29 is 4.39 Å². The van der Waals surface area contributed by atoms with Gasteiger partial charge in [-0.25, -0.2) is 4.39 Å². The van der Waals surface area contributed by atoms with Crippen molar-refractivity contribution in [2.24, 2.45) is 0 Å². The monoisotopic (exact) mass is 296 g/mol. The maximum atomic E-state index is 13.0. The molecule has 0 aliphatic heterocycles. The maximum Gasteiger partial charge on any atom is 0.160 e. The van der Waals surface area contributed by atoms with Crippen molar-refractivity contribution in [2.75, 3.05) is 5.33 Å². The molecule has 0 bridgehead atoms. The van der Waals surface area contributed by atoms with Gasteiger partial charge < -0.3 is 0 Å². The minimum atomic E-state index is -0.564. The van der Waals surface area contributed by atoms with E-state index in [-0.39, 0.29) is 10.0 Å². The van der Waals surface area contributed by atoms with E-state index in [1.54, 1.807) is 12.1 Å². The third-order valence-electron chi connectivity index (χ3n) is 1.59. The van der Waals surface area contributed by atoms with E-state index in [1.165, 1.54) is 0 Å². The Morgan fingerprint density at radius 2 is 1.86 bits per heavy atom. The first-order valence-corrected chi connectivity index (χ1v) is 5.90. The molecule has 0 fully saturated rings. The van der Waals surface area contributed by atoms with Gasteiger partial charge in [0.15, 0.2) is 5.82 Å². The predicted octanol–water partition coefficient (Wildman–Crippen LogP) is 4.93. The van der Waals surface area contributed by atoms with E-state index in [0.29, 0.717) is 0 Å². The van der Waals surface area contributed by atoms with E-state index in [9.17, 15) is 4.39 Å². The van der Waals surface area contributed by atoms with Gasteiger partial charge in [-0.2, -0.15) is 0 Å². The van der Waals surface area contributed by atoms with E-state index < -0.39 is 5.82 Å². The van der Waals surface area contributed by atoms with Gasteiger partial charge in [0.25, 0.3) is 0 Å². The molecule has 0 saturated carbocycles. The number of alkyl halides is 1. The first-order chi connectivity index (χ1) is 6.65. The smallest absolute Gasteiger partial charge is 0.160 e. The van der Waals surface area contributed by atoms with Crippen molar-refractivity contribution >= 4 is 45.2 Å². The average molecular weight is 298 g/mol. The summed E-state index contributed by atoms with van der Waals surface area (Å²) in [7, 11) is 0. The van der Waals surface area contributed by atoms with Gasteiger partial charge >= 0.3 is 0 Å². The van der Waals surface area contributed by atoms with Crippen molar-refractivity contribution in [3.63, 3.8) is 0 Å². The molecule has 14 heavy (non-hydrogen) atoms. The van der Waals surface area contributed by atoms with E-state index >= 15 is 0 Å². The molecule has 4 heteroatoms. The van der Waals surface area contributed by atoms with Crippen LogP contribution < -0.4 is 0 Å². The van der Waals surface area contributed by atoms with Crippen LogP contribution in [-0.2, 0) is 0 Å². The fourth-order valence-electron chi connectivity index (χ4n) is 0.954. The molecule has 0 aliphatic rings. The van der Waals surface area contributed by atoms with E-state index in [2.05, 4.69) is 15.9 Å². The highest BCUT2D eigenvalue weighted by atomic mass is 79.9. The summed E-state index contributed by atoms with van der Waals surface area (Å²) >= 11 is 14.6. The SMILES string of the molecule is Fc1c(Cl)cc(C=CCCBr)cc1Cl. The minimum Gasteiger partial charge on any atom is -0.204 e. The lowest BCUT2D eigenvalue weighted by molar-refractivity contribution is 0.628. The van der Waals surface area contributed by atoms with Gasteiger partial charge in [-0.15, -0.1) is 0 Å².